The molecule has 0 fully saturated rings. The van der Waals surface area contributed by atoms with Crippen LogP contribution in [-0.2, 0) is 10.0 Å². The normalized spacial score (nSPS) is 11.4. The number of aromatic nitrogens is 1. The number of hydrogen-bond acceptors (Lipinski definition) is 4. The van der Waals surface area contributed by atoms with Gasteiger partial charge in [-0.2, -0.15) is 0 Å². The molecule has 5 nitrogen and oxygen atoms in total. The zero-order chi connectivity index (χ0) is 15.8. The van der Waals surface area contributed by atoms with Crippen LogP contribution in [0.15, 0.2) is 29.2 Å². The molecule has 1 heterocycles. The molecule has 0 spiro atoms. The second-order valence-electron chi connectivity index (χ2n) is 4.52. The first-order valence-electron chi connectivity index (χ1n) is 5.92. The van der Waals surface area contributed by atoms with Crippen LogP contribution in [0.4, 0.5) is 15.8 Å². The van der Waals surface area contributed by atoms with Crippen LogP contribution in [-0.4, -0.2) is 13.4 Å². The molecule has 0 atom stereocenters. The predicted octanol–water partition coefficient (Wildman–Crippen LogP) is 2.87. The molecular weight excluding hydrogens is 317 g/mol. The number of sulfonamides is 1. The van der Waals surface area contributed by atoms with Crippen LogP contribution in [0.25, 0.3) is 0 Å². The zero-order valence-corrected chi connectivity index (χ0v) is 12.9. The summed E-state index contributed by atoms with van der Waals surface area (Å²) < 4.78 is 40.9. The predicted molar refractivity (Wildman–Crippen MR) is 80.3 cm³/mol. The number of pyridine rings is 1. The Bertz CT molecular complexity index is 809. The lowest BCUT2D eigenvalue weighted by Crippen LogP contribution is -2.16. The number of nitrogen functional groups attached to an aromatic ring is 1. The van der Waals surface area contributed by atoms with Gasteiger partial charge in [-0.1, -0.05) is 11.6 Å². The second kappa shape index (κ2) is 5.50. The number of nitrogens with zero attached hydrogens (tertiary/aromatic N) is 1. The van der Waals surface area contributed by atoms with Crippen molar-refractivity contribution in [3.05, 3.63) is 46.5 Å². The summed E-state index contributed by atoms with van der Waals surface area (Å²) in [6.45, 7) is 3.03. The summed E-state index contributed by atoms with van der Waals surface area (Å²) in [4.78, 5) is 3.42. The van der Waals surface area contributed by atoms with Crippen molar-refractivity contribution in [3.63, 3.8) is 0 Å². The van der Waals surface area contributed by atoms with E-state index in [1.807, 2.05) is 0 Å². The highest BCUT2D eigenvalue weighted by Gasteiger charge is 2.22. The largest absolute Gasteiger partial charge is 0.399 e. The fraction of sp³-hybridized carbons (Fsp3) is 0.154. The van der Waals surface area contributed by atoms with Crippen molar-refractivity contribution < 1.29 is 12.8 Å². The number of benzene rings is 1. The number of aryl methyl sites for hydroxylation is 2. The highest BCUT2D eigenvalue weighted by molar-refractivity contribution is 7.92. The van der Waals surface area contributed by atoms with Crippen molar-refractivity contribution in [2.75, 3.05) is 10.5 Å². The molecule has 0 aliphatic carbocycles. The maximum Gasteiger partial charge on any atom is 0.264 e. The lowest BCUT2D eigenvalue weighted by atomic mass is 10.2. The van der Waals surface area contributed by atoms with Crippen molar-refractivity contribution >= 4 is 33.0 Å². The molecular formula is C13H13ClFN3O2S. The van der Waals surface area contributed by atoms with Crippen LogP contribution >= 0.6 is 11.6 Å². The molecule has 2 aromatic rings. The van der Waals surface area contributed by atoms with Gasteiger partial charge in [0, 0.05) is 5.69 Å². The summed E-state index contributed by atoms with van der Waals surface area (Å²) in [7, 11) is -4.11. The Morgan fingerprint density at radius 2 is 1.95 bits per heavy atom. The average Bonchev–Trinajstić information content (AvgIpc) is 2.37. The Morgan fingerprint density at radius 1 is 1.29 bits per heavy atom. The van der Waals surface area contributed by atoms with E-state index in [9.17, 15) is 12.8 Å². The lowest BCUT2D eigenvalue weighted by Gasteiger charge is -2.12. The topological polar surface area (TPSA) is 85.1 Å². The third kappa shape index (κ3) is 3.25. The Kier molecular flexibility index (Phi) is 4.06. The molecule has 8 heteroatoms. The van der Waals surface area contributed by atoms with Gasteiger partial charge in [-0.3, -0.25) is 4.72 Å². The summed E-state index contributed by atoms with van der Waals surface area (Å²) in [5.74, 6) is -0.837. The van der Waals surface area contributed by atoms with Crippen LogP contribution in [0, 0.1) is 19.7 Å². The minimum absolute atomic E-state index is 0.154. The van der Waals surface area contributed by atoms with Gasteiger partial charge in [0.25, 0.3) is 10.0 Å². The first-order valence-corrected chi connectivity index (χ1v) is 7.78. The number of halogens is 2. The molecule has 0 radical (unpaired) electrons. The fourth-order valence-electron chi connectivity index (χ4n) is 1.80. The van der Waals surface area contributed by atoms with Crippen LogP contribution in [0.3, 0.4) is 0 Å². The molecule has 0 unspecified atom stereocenters. The Balaban J connectivity index is 2.48. The van der Waals surface area contributed by atoms with Gasteiger partial charge in [0.15, 0.2) is 0 Å². The highest BCUT2D eigenvalue weighted by Crippen LogP contribution is 2.25. The number of hydrogen-bond donors (Lipinski definition) is 2. The van der Waals surface area contributed by atoms with Crippen molar-refractivity contribution in [2.24, 2.45) is 0 Å². The zero-order valence-electron chi connectivity index (χ0n) is 11.3. The van der Waals surface area contributed by atoms with E-state index in [1.165, 1.54) is 25.1 Å². The van der Waals surface area contributed by atoms with E-state index in [0.717, 1.165) is 6.07 Å². The minimum Gasteiger partial charge on any atom is -0.399 e. The third-order valence-corrected chi connectivity index (χ3v) is 4.40. The van der Waals surface area contributed by atoms with E-state index in [0.29, 0.717) is 5.69 Å². The first kappa shape index (κ1) is 15.5. The molecule has 0 saturated carbocycles. The Morgan fingerprint density at radius 3 is 2.57 bits per heavy atom. The standard InChI is InChI=1S/C13H13ClFN3O2S/c1-7-5-9(16)6-11(13(7)15)21(19,20)18-10-3-4-12(14)17-8(10)2/h3-6,18H,16H2,1-2H3. The van der Waals surface area contributed by atoms with Crippen molar-refractivity contribution in [1.82, 2.24) is 4.98 Å². The quantitative estimate of drug-likeness (QED) is 0.669. The van der Waals surface area contributed by atoms with Crippen molar-refractivity contribution in [3.8, 4) is 0 Å². The van der Waals surface area contributed by atoms with Crippen molar-refractivity contribution in [1.29, 1.82) is 0 Å². The van der Waals surface area contributed by atoms with Crippen LogP contribution < -0.4 is 10.5 Å². The molecule has 1 aromatic carbocycles. The van der Waals surface area contributed by atoms with Gasteiger partial charge < -0.3 is 5.73 Å². The maximum absolute atomic E-state index is 14.0. The Labute approximate surface area is 127 Å². The summed E-state index contributed by atoms with van der Waals surface area (Å²) in [5, 5.41) is 0.237. The van der Waals surface area contributed by atoms with Gasteiger partial charge in [-0.05, 0) is 43.7 Å². The van der Waals surface area contributed by atoms with E-state index in [2.05, 4.69) is 9.71 Å². The summed E-state index contributed by atoms with van der Waals surface area (Å²) in [5.41, 5.74) is 6.50. The van der Waals surface area contributed by atoms with E-state index in [1.54, 1.807) is 6.92 Å². The van der Waals surface area contributed by atoms with Gasteiger partial charge in [0.2, 0.25) is 0 Å². The van der Waals surface area contributed by atoms with E-state index in [-0.39, 0.29) is 22.1 Å². The summed E-state index contributed by atoms with van der Waals surface area (Å²) in [6.07, 6.45) is 0. The molecule has 0 amide bonds. The second-order valence-corrected chi connectivity index (χ2v) is 6.56. The number of rotatable bonds is 3. The molecule has 0 aliphatic heterocycles. The van der Waals surface area contributed by atoms with Gasteiger partial charge >= 0.3 is 0 Å². The first-order chi connectivity index (χ1) is 9.70. The van der Waals surface area contributed by atoms with E-state index in [4.69, 9.17) is 17.3 Å². The van der Waals surface area contributed by atoms with Gasteiger partial charge in [0.1, 0.15) is 15.9 Å². The summed E-state index contributed by atoms with van der Waals surface area (Å²) in [6, 6.07) is 5.33. The van der Waals surface area contributed by atoms with Gasteiger partial charge in [-0.25, -0.2) is 17.8 Å². The number of nitrogens with one attached hydrogen (secondary N) is 1. The van der Waals surface area contributed by atoms with Crippen LogP contribution in [0.2, 0.25) is 5.15 Å². The summed E-state index contributed by atoms with van der Waals surface area (Å²) >= 11 is 5.71. The SMILES string of the molecule is Cc1cc(N)cc(S(=O)(=O)Nc2ccc(Cl)nc2C)c1F. The molecule has 1 aromatic heterocycles. The van der Waals surface area contributed by atoms with Crippen molar-refractivity contribution in [2.45, 2.75) is 18.7 Å². The average molecular weight is 330 g/mol. The van der Waals surface area contributed by atoms with Crippen LogP contribution in [0.5, 0.6) is 0 Å². The molecule has 112 valence electrons. The fourth-order valence-corrected chi connectivity index (χ4v) is 3.29. The molecule has 21 heavy (non-hydrogen) atoms. The molecule has 0 aliphatic rings. The monoisotopic (exact) mass is 329 g/mol. The molecule has 0 bridgehead atoms. The smallest absolute Gasteiger partial charge is 0.264 e. The van der Waals surface area contributed by atoms with Crippen LogP contribution in [0.1, 0.15) is 11.3 Å². The Hall–Kier alpha value is -1.86. The molecule has 0 saturated heterocycles. The highest BCUT2D eigenvalue weighted by atomic mass is 35.5. The third-order valence-electron chi connectivity index (χ3n) is 2.83. The lowest BCUT2D eigenvalue weighted by molar-refractivity contribution is 0.565. The van der Waals surface area contributed by atoms with E-state index < -0.39 is 20.7 Å². The van der Waals surface area contributed by atoms with Gasteiger partial charge in [-0.15, -0.1) is 0 Å². The van der Waals surface area contributed by atoms with Gasteiger partial charge in [0.05, 0.1) is 11.4 Å². The number of nitrogens with two attached hydrogens (primary N) is 1. The maximum atomic E-state index is 14.0. The molecule has 2 rings (SSSR count). The number of anilines is 2. The minimum atomic E-state index is -4.11. The molecule has 3 N–H and O–H groups in total. The van der Waals surface area contributed by atoms with E-state index >= 15 is 0 Å².